The molecule has 0 saturated carbocycles. The monoisotopic (exact) mass is 354 g/mol. The lowest BCUT2D eigenvalue weighted by Gasteiger charge is -2.01. The Morgan fingerprint density at radius 2 is 2.19 bits per heavy atom. The molecule has 3 rings (SSSR count). The predicted octanol–water partition coefficient (Wildman–Crippen LogP) is 3.99. The number of anilines is 1. The van der Waals surface area contributed by atoms with E-state index in [1.165, 1.54) is 23.0 Å². The zero-order chi connectivity index (χ0) is 14.8. The lowest BCUT2D eigenvalue weighted by molar-refractivity contribution is -0.114. The third-order valence-electron chi connectivity index (χ3n) is 2.58. The Morgan fingerprint density at radius 3 is 3.00 bits per heavy atom. The number of aromatic nitrogens is 3. The Morgan fingerprint density at radius 1 is 1.38 bits per heavy atom. The van der Waals surface area contributed by atoms with Gasteiger partial charge < -0.3 is 9.88 Å². The zero-order valence-corrected chi connectivity index (χ0v) is 14.2. The molecule has 0 aliphatic heterocycles. The largest absolute Gasteiger partial charge is 0.313 e. The van der Waals surface area contributed by atoms with Crippen LogP contribution in [-0.4, -0.2) is 20.7 Å². The predicted molar refractivity (Wildman–Crippen MR) is 90.7 cm³/mol. The maximum absolute atomic E-state index is 11.0. The summed E-state index contributed by atoms with van der Waals surface area (Å²) in [6.07, 6.45) is 0. The topological polar surface area (TPSA) is 59.8 Å². The van der Waals surface area contributed by atoms with Gasteiger partial charge in [0.2, 0.25) is 11.0 Å². The van der Waals surface area contributed by atoms with Crippen molar-refractivity contribution >= 4 is 67.9 Å². The molecule has 0 bridgehead atoms. The Labute approximate surface area is 138 Å². The van der Waals surface area contributed by atoms with E-state index in [2.05, 4.69) is 32.2 Å². The standard InChI is InChI=1S/C12H10N4OS4/c1-7(17)13-10-14-15-11(21-10)19-6-16-8-4-2-3-5-9(8)20-12(16)18/h2-5H,6H2,1H3,(H,13,14,17). The van der Waals surface area contributed by atoms with Crippen LogP contribution in [0, 0.1) is 3.95 Å². The number of rotatable bonds is 4. The highest BCUT2D eigenvalue weighted by molar-refractivity contribution is 8.00. The lowest BCUT2D eigenvalue weighted by Crippen LogP contribution is -2.04. The van der Waals surface area contributed by atoms with Crippen LogP contribution in [0.3, 0.4) is 0 Å². The molecular weight excluding hydrogens is 344 g/mol. The highest BCUT2D eigenvalue weighted by Crippen LogP contribution is 2.30. The minimum atomic E-state index is -0.145. The molecule has 0 aliphatic rings. The summed E-state index contributed by atoms with van der Waals surface area (Å²) in [5, 5.41) is 11.1. The van der Waals surface area contributed by atoms with Crippen LogP contribution in [0.15, 0.2) is 28.6 Å². The number of amides is 1. The van der Waals surface area contributed by atoms with Gasteiger partial charge in [0, 0.05) is 6.92 Å². The first-order valence-electron chi connectivity index (χ1n) is 5.96. The summed E-state index contributed by atoms with van der Waals surface area (Å²) in [4.78, 5) is 11.0. The summed E-state index contributed by atoms with van der Waals surface area (Å²) in [5.41, 5.74) is 1.13. The fourth-order valence-electron chi connectivity index (χ4n) is 1.73. The van der Waals surface area contributed by atoms with E-state index in [4.69, 9.17) is 12.2 Å². The molecule has 1 amide bonds. The number of hydrogen-bond donors (Lipinski definition) is 1. The van der Waals surface area contributed by atoms with Crippen molar-refractivity contribution in [3.05, 3.63) is 28.2 Å². The molecule has 5 nitrogen and oxygen atoms in total. The molecule has 108 valence electrons. The number of nitrogens with zero attached hydrogens (tertiary/aromatic N) is 3. The van der Waals surface area contributed by atoms with Crippen molar-refractivity contribution < 1.29 is 4.79 Å². The SMILES string of the molecule is CC(=O)Nc1nnc(SCn2c(=S)sc3ccccc32)s1. The van der Waals surface area contributed by atoms with Crippen LogP contribution in [0.25, 0.3) is 10.2 Å². The normalized spacial score (nSPS) is 10.9. The van der Waals surface area contributed by atoms with E-state index < -0.39 is 0 Å². The summed E-state index contributed by atoms with van der Waals surface area (Å²) < 4.78 is 4.91. The van der Waals surface area contributed by atoms with Crippen molar-refractivity contribution in [2.45, 2.75) is 17.1 Å². The minimum absolute atomic E-state index is 0.145. The lowest BCUT2D eigenvalue weighted by atomic mass is 10.3. The van der Waals surface area contributed by atoms with Gasteiger partial charge in [-0.05, 0) is 24.4 Å². The van der Waals surface area contributed by atoms with Crippen LogP contribution >= 0.6 is 46.7 Å². The number of carbonyl (C=O) groups is 1. The van der Waals surface area contributed by atoms with E-state index >= 15 is 0 Å². The second-order valence-electron chi connectivity index (χ2n) is 4.09. The van der Waals surface area contributed by atoms with E-state index in [1.54, 1.807) is 23.1 Å². The van der Waals surface area contributed by atoms with Gasteiger partial charge in [-0.25, -0.2) is 0 Å². The second-order valence-corrected chi connectivity index (χ2v) is 7.94. The summed E-state index contributed by atoms with van der Waals surface area (Å²) in [6, 6.07) is 8.14. The first kappa shape index (κ1) is 14.6. The maximum Gasteiger partial charge on any atom is 0.223 e. The van der Waals surface area contributed by atoms with E-state index in [-0.39, 0.29) is 5.91 Å². The summed E-state index contributed by atoms with van der Waals surface area (Å²) >= 11 is 9.92. The molecule has 0 fully saturated rings. The molecule has 1 N–H and O–H groups in total. The minimum Gasteiger partial charge on any atom is -0.313 e. The molecule has 21 heavy (non-hydrogen) atoms. The smallest absolute Gasteiger partial charge is 0.223 e. The number of para-hydroxylation sites is 1. The van der Waals surface area contributed by atoms with Crippen LogP contribution in [0.5, 0.6) is 0 Å². The van der Waals surface area contributed by atoms with Crippen molar-refractivity contribution in [2.75, 3.05) is 5.32 Å². The Kier molecular flexibility index (Phi) is 4.34. The Balaban J connectivity index is 1.77. The average molecular weight is 355 g/mol. The second kappa shape index (κ2) is 6.22. The van der Waals surface area contributed by atoms with Crippen LogP contribution in [0.4, 0.5) is 5.13 Å². The number of fused-ring (bicyclic) bond motifs is 1. The molecule has 0 aliphatic carbocycles. The number of thioether (sulfide) groups is 1. The van der Waals surface area contributed by atoms with Gasteiger partial charge >= 0.3 is 0 Å². The van der Waals surface area contributed by atoms with Crippen LogP contribution in [-0.2, 0) is 10.7 Å². The number of carbonyl (C=O) groups excluding carboxylic acids is 1. The molecule has 0 saturated heterocycles. The fourth-order valence-corrected chi connectivity index (χ4v) is 4.97. The molecule has 9 heteroatoms. The van der Waals surface area contributed by atoms with Gasteiger partial charge in [0.25, 0.3) is 0 Å². The zero-order valence-electron chi connectivity index (χ0n) is 10.9. The van der Waals surface area contributed by atoms with Gasteiger partial charge in [-0.1, -0.05) is 35.2 Å². The quantitative estimate of drug-likeness (QED) is 0.436. The molecule has 0 radical (unpaired) electrons. The fraction of sp³-hybridized carbons (Fsp3) is 0.167. The number of thiazole rings is 1. The Bertz CT molecular complexity index is 850. The van der Waals surface area contributed by atoms with E-state index in [1.807, 2.05) is 12.1 Å². The van der Waals surface area contributed by atoms with Gasteiger partial charge in [0.1, 0.15) is 0 Å². The van der Waals surface area contributed by atoms with E-state index in [0.29, 0.717) is 11.0 Å². The molecule has 0 unspecified atom stereocenters. The van der Waals surface area contributed by atoms with Gasteiger partial charge in [0.15, 0.2) is 8.29 Å². The first-order chi connectivity index (χ1) is 10.1. The van der Waals surface area contributed by atoms with Gasteiger partial charge in [0.05, 0.1) is 16.1 Å². The van der Waals surface area contributed by atoms with Crippen molar-refractivity contribution in [3.63, 3.8) is 0 Å². The highest BCUT2D eigenvalue weighted by atomic mass is 32.2. The van der Waals surface area contributed by atoms with Crippen LogP contribution < -0.4 is 5.32 Å². The molecule has 0 atom stereocenters. The molecule has 2 aromatic heterocycles. The van der Waals surface area contributed by atoms with Crippen molar-refractivity contribution in [2.24, 2.45) is 0 Å². The van der Waals surface area contributed by atoms with Crippen LogP contribution in [0.1, 0.15) is 6.92 Å². The molecule has 0 spiro atoms. The number of nitrogens with one attached hydrogen (secondary N) is 1. The summed E-state index contributed by atoms with van der Waals surface area (Å²) in [5.74, 6) is 0.533. The van der Waals surface area contributed by atoms with Crippen molar-refractivity contribution in [1.29, 1.82) is 0 Å². The summed E-state index contributed by atoms with van der Waals surface area (Å²) in [6.45, 7) is 1.45. The van der Waals surface area contributed by atoms with Gasteiger partial charge in [-0.15, -0.1) is 21.5 Å². The molecule has 3 aromatic rings. The molecular formula is C12H10N4OS4. The number of benzene rings is 1. The first-order valence-corrected chi connectivity index (χ1v) is 8.98. The van der Waals surface area contributed by atoms with Crippen molar-refractivity contribution in [3.8, 4) is 0 Å². The number of hydrogen-bond acceptors (Lipinski definition) is 7. The van der Waals surface area contributed by atoms with E-state index in [0.717, 1.165) is 13.8 Å². The Hall–Kier alpha value is -1.29. The van der Waals surface area contributed by atoms with Gasteiger partial charge in [-0.3, -0.25) is 4.79 Å². The van der Waals surface area contributed by atoms with Crippen molar-refractivity contribution in [1.82, 2.24) is 14.8 Å². The molecule has 2 heterocycles. The maximum atomic E-state index is 11.0. The molecule has 1 aromatic carbocycles. The summed E-state index contributed by atoms with van der Waals surface area (Å²) in [7, 11) is 0. The third kappa shape index (κ3) is 3.31. The highest BCUT2D eigenvalue weighted by Gasteiger charge is 2.08. The van der Waals surface area contributed by atoms with Crippen LogP contribution in [0.2, 0.25) is 0 Å². The van der Waals surface area contributed by atoms with Gasteiger partial charge in [-0.2, -0.15) is 0 Å². The van der Waals surface area contributed by atoms with E-state index in [9.17, 15) is 4.79 Å². The average Bonchev–Trinajstić information content (AvgIpc) is 2.99. The third-order valence-corrected chi connectivity index (χ3v) is 5.96.